The maximum atomic E-state index is 11.7. The molecule has 0 saturated heterocycles. The first-order chi connectivity index (χ1) is 20.3. The van der Waals surface area contributed by atoms with Crippen molar-refractivity contribution in [3.8, 4) is 6.19 Å². The third kappa shape index (κ3) is 4.77. The summed E-state index contributed by atoms with van der Waals surface area (Å²) < 4.78 is 10.1. The van der Waals surface area contributed by atoms with E-state index in [1.54, 1.807) is 0 Å². The topological polar surface area (TPSA) is 27.0 Å². The van der Waals surface area contributed by atoms with Crippen molar-refractivity contribution in [2.75, 3.05) is 0 Å². The van der Waals surface area contributed by atoms with Crippen LogP contribution in [0.25, 0.3) is 0 Å². The summed E-state index contributed by atoms with van der Waals surface area (Å²) in [6.45, 7) is 0. The van der Waals surface area contributed by atoms with E-state index < -0.39 is 37.3 Å². The number of hydrogen-bond donors (Lipinski definition) is 0. The van der Waals surface area contributed by atoms with Crippen LogP contribution in [0.2, 0.25) is 0 Å². The van der Waals surface area contributed by atoms with Crippen molar-refractivity contribution < 1.29 is 0 Å². The molecular weight excluding hydrogens is 710 g/mol. The van der Waals surface area contributed by atoms with Crippen LogP contribution in [0.15, 0.2) is 182 Å². The predicted molar refractivity (Wildman–Crippen MR) is 175 cm³/mol. The molecule has 0 aliphatic rings. The molecule has 0 heterocycles. The Morgan fingerprint density at radius 3 is 0.634 bits per heavy atom. The van der Waals surface area contributed by atoms with Gasteiger partial charge in [-0.1, -0.05) is 0 Å². The fraction of sp³-hybridized carbons (Fsp3) is 0. The first-order valence-corrected chi connectivity index (χ1v) is 25.0. The SMILES string of the molecule is N#C[N]([Sn]([c]1ccccc1)([c]1ccccc1)[c]1ccccc1)[Sn]([c]1ccccc1)([c]1ccccc1)[c]1ccccc1. The third-order valence-electron chi connectivity index (χ3n) is 7.92. The molecule has 0 aliphatic carbocycles. The number of benzene rings is 6. The molecule has 0 N–H and O–H groups in total. The van der Waals surface area contributed by atoms with Crippen molar-refractivity contribution >= 4 is 58.8 Å². The van der Waals surface area contributed by atoms with Crippen LogP contribution in [-0.2, 0) is 0 Å². The minimum absolute atomic E-state index is 1.27. The van der Waals surface area contributed by atoms with Crippen LogP contribution < -0.4 is 21.5 Å². The zero-order chi connectivity index (χ0) is 28.0. The normalized spacial score (nSPS) is 11.4. The molecule has 0 saturated carbocycles. The van der Waals surface area contributed by atoms with Crippen LogP contribution in [0, 0.1) is 11.5 Å². The molecular formula is C37H30N2Sn2. The van der Waals surface area contributed by atoms with E-state index in [1.165, 1.54) is 21.5 Å². The van der Waals surface area contributed by atoms with Crippen molar-refractivity contribution in [2.45, 2.75) is 0 Å². The molecule has 0 aliphatic heterocycles. The Labute approximate surface area is 251 Å². The minimum atomic E-state index is -4.34. The molecule has 0 amide bonds. The fourth-order valence-electron chi connectivity index (χ4n) is 6.25. The van der Waals surface area contributed by atoms with E-state index in [0.29, 0.717) is 0 Å². The molecule has 0 atom stereocenters. The predicted octanol–water partition coefficient (Wildman–Crippen LogP) is 4.10. The van der Waals surface area contributed by atoms with Gasteiger partial charge >= 0.3 is 254 Å². The molecule has 2 nitrogen and oxygen atoms in total. The fourth-order valence-corrected chi connectivity index (χ4v) is 54.7. The van der Waals surface area contributed by atoms with Crippen molar-refractivity contribution in [3.63, 3.8) is 0 Å². The van der Waals surface area contributed by atoms with E-state index in [9.17, 15) is 5.26 Å². The van der Waals surface area contributed by atoms with Gasteiger partial charge in [-0.05, 0) is 0 Å². The van der Waals surface area contributed by atoms with Gasteiger partial charge in [-0.2, -0.15) is 0 Å². The summed E-state index contributed by atoms with van der Waals surface area (Å²) in [7, 11) is 0. The van der Waals surface area contributed by atoms with Crippen molar-refractivity contribution in [2.24, 2.45) is 0 Å². The Kier molecular flexibility index (Phi) is 8.27. The van der Waals surface area contributed by atoms with Gasteiger partial charge in [0.25, 0.3) is 0 Å². The second-order valence-electron chi connectivity index (χ2n) is 10.1. The summed E-state index contributed by atoms with van der Waals surface area (Å²) in [6, 6.07) is 65.2. The second-order valence-corrected chi connectivity index (χ2v) is 34.2. The molecule has 6 rings (SSSR count). The average molecular weight is 740 g/mol. The quantitative estimate of drug-likeness (QED) is 0.134. The van der Waals surface area contributed by atoms with Crippen LogP contribution in [0.4, 0.5) is 0 Å². The summed E-state index contributed by atoms with van der Waals surface area (Å²) in [4.78, 5) is 0. The first-order valence-electron chi connectivity index (χ1n) is 13.9. The summed E-state index contributed by atoms with van der Waals surface area (Å²) in [5.41, 5.74) is 0. The van der Waals surface area contributed by atoms with Gasteiger partial charge in [0.15, 0.2) is 0 Å². The van der Waals surface area contributed by atoms with Crippen LogP contribution in [-0.4, -0.2) is 38.6 Å². The van der Waals surface area contributed by atoms with Crippen molar-refractivity contribution in [1.29, 1.82) is 5.26 Å². The third-order valence-corrected chi connectivity index (χ3v) is 45.2. The number of hydrogen-bond acceptors (Lipinski definition) is 2. The van der Waals surface area contributed by atoms with E-state index >= 15 is 0 Å². The molecule has 0 aromatic heterocycles. The second kappa shape index (κ2) is 12.4. The molecule has 4 heteroatoms. The van der Waals surface area contributed by atoms with Crippen LogP contribution in [0.1, 0.15) is 0 Å². The van der Waals surface area contributed by atoms with Crippen molar-refractivity contribution in [1.82, 2.24) is 1.34 Å². The summed E-state index contributed by atoms with van der Waals surface area (Å²) in [5, 5.41) is 11.7. The Balaban J connectivity index is 1.85. The zero-order valence-corrected chi connectivity index (χ0v) is 28.4. The van der Waals surface area contributed by atoms with Crippen LogP contribution >= 0.6 is 0 Å². The van der Waals surface area contributed by atoms with E-state index in [2.05, 4.69) is 190 Å². The maximum absolute atomic E-state index is 11.7. The molecule has 0 fully saturated rings. The number of nitrogens with zero attached hydrogens (tertiary/aromatic N) is 2. The van der Waals surface area contributed by atoms with Gasteiger partial charge in [-0.3, -0.25) is 0 Å². The number of nitriles is 1. The van der Waals surface area contributed by atoms with Gasteiger partial charge < -0.3 is 0 Å². The van der Waals surface area contributed by atoms with Gasteiger partial charge in [0.05, 0.1) is 0 Å². The van der Waals surface area contributed by atoms with E-state index in [-0.39, 0.29) is 0 Å². The standard InChI is InChI=1S/6C6H5.CN2.2Sn/c6*1-2-4-6-5-3-1;2-1-3;;/h6*1-5H;;;. The monoisotopic (exact) mass is 742 g/mol. The Hall–Kier alpha value is -3.79. The molecule has 0 bridgehead atoms. The average Bonchev–Trinajstić information content (AvgIpc) is 3.07. The van der Waals surface area contributed by atoms with Gasteiger partial charge in [-0.25, -0.2) is 0 Å². The Morgan fingerprint density at radius 2 is 0.488 bits per heavy atom. The summed E-state index contributed by atoms with van der Waals surface area (Å²) >= 11 is -8.68. The molecule has 41 heavy (non-hydrogen) atoms. The van der Waals surface area contributed by atoms with E-state index in [0.717, 1.165) is 0 Å². The Morgan fingerprint density at radius 1 is 0.317 bits per heavy atom. The molecule has 0 radical (unpaired) electrons. The van der Waals surface area contributed by atoms with Gasteiger partial charge in [0, 0.05) is 0 Å². The molecule has 196 valence electrons. The van der Waals surface area contributed by atoms with Gasteiger partial charge in [0.1, 0.15) is 0 Å². The van der Waals surface area contributed by atoms with E-state index in [4.69, 9.17) is 0 Å². The Bertz CT molecular complexity index is 1400. The molecule has 0 unspecified atom stereocenters. The van der Waals surface area contributed by atoms with Crippen LogP contribution in [0.3, 0.4) is 0 Å². The zero-order valence-electron chi connectivity index (χ0n) is 22.7. The molecule has 6 aromatic carbocycles. The van der Waals surface area contributed by atoms with E-state index in [1.807, 2.05) is 0 Å². The van der Waals surface area contributed by atoms with Gasteiger partial charge in [-0.15, -0.1) is 0 Å². The summed E-state index contributed by atoms with van der Waals surface area (Å²) in [6.07, 6.45) is 2.99. The van der Waals surface area contributed by atoms with Crippen molar-refractivity contribution in [3.05, 3.63) is 182 Å². The molecule has 6 aromatic rings. The number of rotatable bonds is 8. The summed E-state index contributed by atoms with van der Waals surface area (Å²) in [5.74, 6) is 0. The van der Waals surface area contributed by atoms with Gasteiger partial charge in [0.2, 0.25) is 0 Å². The first kappa shape index (κ1) is 27.4. The molecule has 0 spiro atoms. The van der Waals surface area contributed by atoms with Crippen LogP contribution in [0.5, 0.6) is 0 Å².